The van der Waals surface area contributed by atoms with Crippen molar-refractivity contribution < 1.29 is 0 Å². The Kier molecular flexibility index (Phi) is 5.04. The highest BCUT2D eigenvalue weighted by Gasteiger charge is 2.16. The highest BCUT2D eigenvalue weighted by atomic mass is 79.9. The first kappa shape index (κ1) is 11.3. The van der Waals surface area contributed by atoms with E-state index in [0.29, 0.717) is 0 Å². The van der Waals surface area contributed by atoms with Crippen molar-refractivity contribution in [1.82, 2.24) is 4.90 Å². The Morgan fingerprint density at radius 3 is 2.46 bits per heavy atom. The zero-order chi connectivity index (χ0) is 9.68. The maximum Gasteiger partial charge on any atom is 0.0165 e. The van der Waals surface area contributed by atoms with Crippen LogP contribution in [0, 0.1) is 5.92 Å². The molecule has 13 heavy (non-hydrogen) atoms. The molecule has 0 unspecified atom stereocenters. The Hall–Kier alpha value is 0.180. The Morgan fingerprint density at radius 1 is 1.38 bits per heavy atom. The van der Waals surface area contributed by atoms with Gasteiger partial charge in [0.2, 0.25) is 0 Å². The van der Waals surface area contributed by atoms with Gasteiger partial charge >= 0.3 is 0 Å². The summed E-state index contributed by atoms with van der Waals surface area (Å²) in [7, 11) is 0. The summed E-state index contributed by atoms with van der Waals surface area (Å²) in [6.45, 7) is 8.05. The van der Waals surface area contributed by atoms with Gasteiger partial charge < -0.3 is 0 Å². The van der Waals surface area contributed by atoms with Gasteiger partial charge in [0.05, 0.1) is 0 Å². The molecule has 0 atom stereocenters. The lowest BCUT2D eigenvalue weighted by atomic mass is 9.99. The first-order chi connectivity index (χ1) is 6.22. The van der Waals surface area contributed by atoms with Crippen molar-refractivity contribution in [3.05, 3.63) is 11.6 Å². The number of likely N-dealkylation sites (tertiary alicyclic amines) is 1. The van der Waals surface area contributed by atoms with Gasteiger partial charge in [0, 0.05) is 11.9 Å². The van der Waals surface area contributed by atoms with Crippen molar-refractivity contribution in [3.8, 4) is 0 Å². The zero-order valence-electron chi connectivity index (χ0n) is 8.72. The number of halogens is 1. The first-order valence-corrected chi connectivity index (χ1v) is 6.26. The molecule has 1 aliphatic rings. The predicted octanol–water partition coefficient (Wildman–Crippen LogP) is 3.06. The van der Waals surface area contributed by atoms with E-state index in [1.54, 1.807) is 0 Å². The second-order valence-corrected chi connectivity index (χ2v) is 4.83. The van der Waals surface area contributed by atoms with Crippen LogP contribution in [0.3, 0.4) is 0 Å². The quantitative estimate of drug-likeness (QED) is 0.546. The van der Waals surface area contributed by atoms with Crippen molar-refractivity contribution >= 4 is 15.9 Å². The molecule has 1 nitrogen and oxygen atoms in total. The van der Waals surface area contributed by atoms with E-state index in [-0.39, 0.29) is 0 Å². The van der Waals surface area contributed by atoms with E-state index in [9.17, 15) is 0 Å². The molecule has 0 aliphatic carbocycles. The topological polar surface area (TPSA) is 3.24 Å². The lowest BCUT2D eigenvalue weighted by Crippen LogP contribution is -2.34. The van der Waals surface area contributed by atoms with Gasteiger partial charge in [-0.15, -0.1) is 0 Å². The second-order valence-electron chi connectivity index (χ2n) is 4.18. The van der Waals surface area contributed by atoms with Gasteiger partial charge in [-0.1, -0.05) is 27.6 Å². The number of piperidine rings is 1. The van der Waals surface area contributed by atoms with Crippen LogP contribution in [0.25, 0.3) is 0 Å². The molecule has 1 aliphatic heterocycles. The fraction of sp³-hybridized carbons (Fsp3) is 0.818. The van der Waals surface area contributed by atoms with Crippen molar-refractivity contribution in [2.75, 3.05) is 25.0 Å². The van der Waals surface area contributed by atoms with E-state index in [1.165, 1.54) is 36.8 Å². The largest absolute Gasteiger partial charge is 0.300 e. The van der Waals surface area contributed by atoms with Crippen LogP contribution in [0.15, 0.2) is 11.6 Å². The van der Waals surface area contributed by atoms with E-state index in [4.69, 9.17) is 0 Å². The third-order valence-electron chi connectivity index (χ3n) is 2.68. The summed E-state index contributed by atoms with van der Waals surface area (Å²) in [6.07, 6.45) is 5.05. The van der Waals surface area contributed by atoms with E-state index in [0.717, 1.165) is 12.5 Å². The van der Waals surface area contributed by atoms with Gasteiger partial charge in [0.15, 0.2) is 0 Å². The fourth-order valence-electron chi connectivity index (χ4n) is 1.63. The Bertz CT molecular complexity index is 165. The highest BCUT2D eigenvalue weighted by Crippen LogP contribution is 2.18. The van der Waals surface area contributed by atoms with Gasteiger partial charge in [-0.3, -0.25) is 4.90 Å². The number of hydrogen-bond acceptors (Lipinski definition) is 1. The number of allylic oxidation sites excluding steroid dienone is 1. The summed E-state index contributed by atoms with van der Waals surface area (Å²) in [5, 5.41) is 1.18. The van der Waals surface area contributed by atoms with Crippen molar-refractivity contribution in [2.45, 2.75) is 26.7 Å². The lowest BCUT2D eigenvalue weighted by Gasteiger charge is -2.30. The lowest BCUT2D eigenvalue weighted by molar-refractivity contribution is 0.212. The molecule has 0 aromatic heterocycles. The van der Waals surface area contributed by atoms with E-state index >= 15 is 0 Å². The maximum atomic E-state index is 3.56. The summed E-state index contributed by atoms with van der Waals surface area (Å²) in [5.74, 6) is 0.919. The number of nitrogens with zero attached hydrogens (tertiary/aromatic N) is 1. The molecule has 1 rings (SSSR count). The van der Waals surface area contributed by atoms with Crippen LogP contribution in [-0.2, 0) is 0 Å². The summed E-state index contributed by atoms with van der Waals surface area (Å²) in [4.78, 5) is 2.55. The minimum absolute atomic E-state index is 0.919. The van der Waals surface area contributed by atoms with Crippen LogP contribution in [0.4, 0.5) is 0 Å². The normalized spacial score (nSPS) is 20.2. The van der Waals surface area contributed by atoms with Crippen LogP contribution >= 0.6 is 15.9 Å². The molecular weight excluding hydrogens is 226 g/mol. The fourth-order valence-corrected chi connectivity index (χ4v) is 2.28. The molecule has 0 bridgehead atoms. The maximum absolute atomic E-state index is 3.56. The highest BCUT2D eigenvalue weighted by molar-refractivity contribution is 9.09. The predicted molar refractivity (Wildman–Crippen MR) is 62.4 cm³/mol. The van der Waals surface area contributed by atoms with Crippen LogP contribution in [0.2, 0.25) is 0 Å². The monoisotopic (exact) mass is 245 g/mol. The molecule has 1 fully saturated rings. The smallest absolute Gasteiger partial charge is 0.0165 e. The molecule has 0 spiro atoms. The average Bonchev–Trinajstić information content (AvgIpc) is 2.15. The van der Waals surface area contributed by atoms with Crippen molar-refractivity contribution in [1.29, 1.82) is 0 Å². The van der Waals surface area contributed by atoms with Gasteiger partial charge in [0.25, 0.3) is 0 Å². The molecule has 0 saturated carbocycles. The van der Waals surface area contributed by atoms with Gasteiger partial charge in [0.1, 0.15) is 0 Å². The molecule has 0 radical (unpaired) electrons. The van der Waals surface area contributed by atoms with Crippen molar-refractivity contribution in [3.63, 3.8) is 0 Å². The van der Waals surface area contributed by atoms with Crippen LogP contribution in [0.1, 0.15) is 26.7 Å². The summed E-state index contributed by atoms with van der Waals surface area (Å²) in [5.41, 5.74) is 1.43. The molecule has 76 valence electrons. The summed E-state index contributed by atoms with van der Waals surface area (Å²) in [6, 6.07) is 0. The van der Waals surface area contributed by atoms with Crippen LogP contribution < -0.4 is 0 Å². The Labute approximate surface area is 90.3 Å². The Balaban J connectivity index is 2.21. The van der Waals surface area contributed by atoms with Gasteiger partial charge in [-0.2, -0.15) is 0 Å². The number of rotatable bonds is 3. The molecular formula is C11H20BrN. The molecule has 0 aromatic carbocycles. The Morgan fingerprint density at radius 2 is 2.00 bits per heavy atom. The summed E-state index contributed by atoms with van der Waals surface area (Å²) >= 11 is 3.56. The van der Waals surface area contributed by atoms with E-state index in [1.807, 2.05) is 0 Å². The molecule has 0 aromatic rings. The van der Waals surface area contributed by atoms with Crippen LogP contribution in [-0.4, -0.2) is 29.9 Å². The average molecular weight is 246 g/mol. The third-order valence-corrected chi connectivity index (χ3v) is 3.60. The first-order valence-electron chi connectivity index (χ1n) is 5.14. The molecule has 1 saturated heterocycles. The van der Waals surface area contributed by atoms with Gasteiger partial charge in [-0.25, -0.2) is 0 Å². The standard InChI is InChI=1S/C11H20BrN/c1-10(2)3-6-13-7-4-11(9-12)5-8-13/h3,11H,4-9H2,1-2H3. The number of hydrogen-bond donors (Lipinski definition) is 0. The van der Waals surface area contributed by atoms with Gasteiger partial charge in [-0.05, 0) is 45.7 Å². The SMILES string of the molecule is CC(C)=CCN1CCC(CBr)CC1. The third kappa shape index (κ3) is 4.28. The summed E-state index contributed by atoms with van der Waals surface area (Å²) < 4.78 is 0. The number of alkyl halides is 1. The van der Waals surface area contributed by atoms with E-state index in [2.05, 4.69) is 40.8 Å². The molecule has 0 amide bonds. The van der Waals surface area contributed by atoms with Crippen LogP contribution in [0.5, 0.6) is 0 Å². The van der Waals surface area contributed by atoms with Crippen molar-refractivity contribution in [2.24, 2.45) is 5.92 Å². The molecule has 0 N–H and O–H groups in total. The van der Waals surface area contributed by atoms with E-state index < -0.39 is 0 Å². The minimum atomic E-state index is 0.919. The second kappa shape index (κ2) is 5.82. The molecule has 2 heteroatoms. The zero-order valence-corrected chi connectivity index (χ0v) is 10.3. The minimum Gasteiger partial charge on any atom is -0.300 e. The molecule has 1 heterocycles.